The molecule has 0 fully saturated rings. The van der Waals surface area contributed by atoms with Crippen LogP contribution in [0.2, 0.25) is 0 Å². The number of aromatic nitrogens is 1. The first kappa shape index (κ1) is 13.8. The molecule has 21 heavy (non-hydrogen) atoms. The van der Waals surface area contributed by atoms with Crippen molar-refractivity contribution >= 4 is 17.6 Å². The van der Waals surface area contributed by atoms with E-state index < -0.39 is 0 Å². The van der Waals surface area contributed by atoms with Gasteiger partial charge >= 0.3 is 0 Å². The summed E-state index contributed by atoms with van der Waals surface area (Å²) in [6.45, 7) is 0. The van der Waals surface area contributed by atoms with Gasteiger partial charge in [0, 0.05) is 23.7 Å². The Hall–Kier alpha value is -2.20. The van der Waals surface area contributed by atoms with Crippen LogP contribution in [0.15, 0.2) is 71.9 Å². The molecule has 0 spiro atoms. The molecule has 0 saturated heterocycles. The van der Waals surface area contributed by atoms with E-state index in [4.69, 9.17) is 0 Å². The summed E-state index contributed by atoms with van der Waals surface area (Å²) >= 11 is 1.42. The molecule has 0 aliphatic carbocycles. The number of anilines is 1. The highest BCUT2D eigenvalue weighted by molar-refractivity contribution is 8.00. The van der Waals surface area contributed by atoms with Crippen molar-refractivity contribution in [3.05, 3.63) is 83.9 Å². The van der Waals surface area contributed by atoms with E-state index in [1.165, 1.54) is 29.1 Å². The van der Waals surface area contributed by atoms with Crippen molar-refractivity contribution in [1.82, 2.24) is 4.98 Å². The van der Waals surface area contributed by atoms with E-state index in [2.05, 4.69) is 21.8 Å². The zero-order valence-corrected chi connectivity index (χ0v) is 12.2. The van der Waals surface area contributed by atoms with Crippen LogP contribution in [0.1, 0.15) is 11.1 Å². The maximum atomic E-state index is 13.6. The van der Waals surface area contributed by atoms with Gasteiger partial charge in [-0.1, -0.05) is 42.5 Å². The molecule has 0 saturated carbocycles. The van der Waals surface area contributed by atoms with Crippen LogP contribution < -0.4 is 4.72 Å². The van der Waals surface area contributed by atoms with Crippen LogP contribution in [0.25, 0.3) is 0 Å². The number of hydrogen-bond donors (Lipinski definition) is 2. The second-order valence-corrected chi connectivity index (χ2v) is 5.54. The summed E-state index contributed by atoms with van der Waals surface area (Å²) < 4.78 is 16.6. The van der Waals surface area contributed by atoms with E-state index in [-0.39, 0.29) is 5.82 Å². The van der Waals surface area contributed by atoms with Crippen LogP contribution in [-0.2, 0) is 6.42 Å². The molecule has 0 amide bonds. The Bertz CT molecular complexity index is 710. The predicted molar refractivity (Wildman–Crippen MR) is 85.9 cm³/mol. The second kappa shape index (κ2) is 6.50. The fourth-order valence-electron chi connectivity index (χ4n) is 2.08. The summed E-state index contributed by atoms with van der Waals surface area (Å²) in [6, 6.07) is 17.0. The van der Waals surface area contributed by atoms with Gasteiger partial charge in [0.15, 0.2) is 0 Å². The molecular formula is C17H15FN2S. The van der Waals surface area contributed by atoms with Crippen molar-refractivity contribution in [2.75, 3.05) is 4.72 Å². The zero-order valence-electron chi connectivity index (χ0n) is 11.3. The minimum absolute atomic E-state index is 0.245. The minimum atomic E-state index is -0.245. The van der Waals surface area contributed by atoms with Crippen molar-refractivity contribution in [3.8, 4) is 0 Å². The van der Waals surface area contributed by atoms with Crippen LogP contribution in [0.4, 0.5) is 10.1 Å². The third kappa shape index (κ3) is 3.47. The summed E-state index contributed by atoms with van der Waals surface area (Å²) in [5, 5.41) is 0. The topological polar surface area (TPSA) is 27.8 Å². The second-order valence-electron chi connectivity index (χ2n) is 4.69. The van der Waals surface area contributed by atoms with Gasteiger partial charge in [-0.25, -0.2) is 4.39 Å². The third-order valence-corrected chi connectivity index (χ3v) is 4.09. The molecule has 2 N–H and O–H groups in total. The first-order chi connectivity index (χ1) is 10.3. The highest BCUT2D eigenvalue weighted by Crippen LogP contribution is 2.27. The lowest BCUT2D eigenvalue weighted by Gasteiger charge is -2.07. The van der Waals surface area contributed by atoms with Gasteiger partial charge in [0.05, 0.1) is 5.69 Å². The van der Waals surface area contributed by atoms with Crippen LogP contribution in [0.3, 0.4) is 0 Å². The van der Waals surface area contributed by atoms with Crippen molar-refractivity contribution in [3.63, 3.8) is 0 Å². The van der Waals surface area contributed by atoms with Crippen molar-refractivity contribution < 1.29 is 4.39 Å². The molecule has 0 aliphatic rings. The molecular weight excluding hydrogens is 283 g/mol. The maximum absolute atomic E-state index is 13.6. The number of para-hydroxylation sites is 1. The van der Waals surface area contributed by atoms with Gasteiger partial charge in [-0.05, 0) is 35.2 Å². The van der Waals surface area contributed by atoms with Crippen molar-refractivity contribution in [2.24, 2.45) is 0 Å². The highest BCUT2D eigenvalue weighted by Gasteiger charge is 2.07. The van der Waals surface area contributed by atoms with Gasteiger partial charge < -0.3 is 9.71 Å². The van der Waals surface area contributed by atoms with E-state index in [0.29, 0.717) is 5.69 Å². The molecule has 3 aromatic rings. The molecule has 2 aromatic carbocycles. The SMILES string of the molecule is Fc1ccccc1NSc1c[nH]cc1Cc1ccccc1. The Morgan fingerprint density at radius 2 is 1.71 bits per heavy atom. The number of aromatic amines is 1. The Labute approximate surface area is 127 Å². The van der Waals surface area contributed by atoms with E-state index in [1.807, 2.05) is 36.7 Å². The molecule has 0 atom stereocenters. The van der Waals surface area contributed by atoms with Gasteiger partial charge in [-0.3, -0.25) is 0 Å². The lowest BCUT2D eigenvalue weighted by Crippen LogP contribution is -1.92. The van der Waals surface area contributed by atoms with Crippen LogP contribution in [-0.4, -0.2) is 4.98 Å². The molecule has 4 heteroatoms. The fraction of sp³-hybridized carbons (Fsp3) is 0.0588. The molecule has 3 rings (SSSR count). The van der Waals surface area contributed by atoms with E-state index in [0.717, 1.165) is 11.3 Å². The van der Waals surface area contributed by atoms with Gasteiger partial charge in [-0.15, -0.1) is 0 Å². The Balaban J connectivity index is 1.70. The number of halogens is 1. The number of hydrogen-bond acceptors (Lipinski definition) is 2. The number of rotatable bonds is 5. The molecule has 0 aliphatic heterocycles. The largest absolute Gasteiger partial charge is 0.366 e. The first-order valence-corrected chi connectivity index (χ1v) is 7.51. The normalized spacial score (nSPS) is 10.5. The number of H-pyrrole nitrogens is 1. The van der Waals surface area contributed by atoms with Crippen LogP contribution in [0, 0.1) is 5.82 Å². The Kier molecular flexibility index (Phi) is 4.26. The summed E-state index contributed by atoms with van der Waals surface area (Å²) in [5.41, 5.74) is 2.94. The first-order valence-electron chi connectivity index (χ1n) is 6.70. The lowest BCUT2D eigenvalue weighted by molar-refractivity contribution is 0.632. The van der Waals surface area contributed by atoms with Gasteiger partial charge in [-0.2, -0.15) is 0 Å². The van der Waals surface area contributed by atoms with Gasteiger partial charge in [0.1, 0.15) is 5.82 Å². The van der Waals surface area contributed by atoms with Gasteiger partial charge in [0.25, 0.3) is 0 Å². The smallest absolute Gasteiger partial charge is 0.147 e. The fourth-order valence-corrected chi connectivity index (χ4v) is 2.86. The molecule has 0 unspecified atom stereocenters. The van der Waals surface area contributed by atoms with E-state index >= 15 is 0 Å². The minimum Gasteiger partial charge on any atom is -0.366 e. The van der Waals surface area contributed by atoms with E-state index in [9.17, 15) is 4.39 Å². The number of benzene rings is 2. The number of nitrogens with one attached hydrogen (secondary N) is 2. The summed E-state index contributed by atoms with van der Waals surface area (Å²) in [5.74, 6) is -0.245. The molecule has 2 nitrogen and oxygen atoms in total. The third-order valence-electron chi connectivity index (χ3n) is 3.17. The van der Waals surface area contributed by atoms with Crippen molar-refractivity contribution in [2.45, 2.75) is 11.3 Å². The maximum Gasteiger partial charge on any atom is 0.147 e. The van der Waals surface area contributed by atoms with Gasteiger partial charge in [0.2, 0.25) is 0 Å². The average Bonchev–Trinajstić information content (AvgIpc) is 2.95. The molecule has 0 bridgehead atoms. The Morgan fingerprint density at radius 1 is 0.952 bits per heavy atom. The molecule has 106 valence electrons. The highest BCUT2D eigenvalue weighted by atomic mass is 32.2. The monoisotopic (exact) mass is 298 g/mol. The van der Waals surface area contributed by atoms with E-state index in [1.54, 1.807) is 12.1 Å². The van der Waals surface area contributed by atoms with Crippen LogP contribution >= 0.6 is 11.9 Å². The summed E-state index contributed by atoms with van der Waals surface area (Å²) in [4.78, 5) is 4.19. The zero-order chi connectivity index (χ0) is 14.5. The molecule has 1 aromatic heterocycles. The standard InChI is InChI=1S/C17H15FN2S/c18-15-8-4-5-9-16(15)20-21-17-12-19-11-14(17)10-13-6-2-1-3-7-13/h1-9,11-12,19-20H,10H2. The van der Waals surface area contributed by atoms with Crippen molar-refractivity contribution in [1.29, 1.82) is 0 Å². The summed E-state index contributed by atoms with van der Waals surface area (Å²) in [7, 11) is 0. The molecule has 1 heterocycles. The Morgan fingerprint density at radius 3 is 2.52 bits per heavy atom. The van der Waals surface area contributed by atoms with Crippen LogP contribution in [0.5, 0.6) is 0 Å². The predicted octanol–water partition coefficient (Wildman–Crippen LogP) is 4.86. The molecule has 0 radical (unpaired) electrons. The quantitative estimate of drug-likeness (QED) is 0.658. The summed E-state index contributed by atoms with van der Waals surface area (Å²) in [6.07, 6.45) is 4.76. The average molecular weight is 298 g/mol. The lowest BCUT2D eigenvalue weighted by atomic mass is 10.1.